The maximum Gasteiger partial charge on any atom is 0.291 e. The Morgan fingerprint density at radius 3 is 2.78 bits per heavy atom. The van der Waals surface area contributed by atoms with Crippen LogP contribution in [-0.2, 0) is 0 Å². The van der Waals surface area contributed by atoms with Crippen LogP contribution in [0.2, 0.25) is 5.22 Å². The highest BCUT2D eigenvalue weighted by atomic mass is 35.5. The van der Waals surface area contributed by atoms with Crippen LogP contribution in [0.4, 0.5) is 5.69 Å². The molecule has 0 saturated heterocycles. The van der Waals surface area contributed by atoms with E-state index in [1.165, 1.54) is 12.1 Å². The summed E-state index contributed by atoms with van der Waals surface area (Å²) in [5.41, 5.74) is 0.594. The largest absolute Gasteiger partial charge is 0.454 e. The molecular formula is C12H8ClNO4. The molecule has 0 saturated carbocycles. The second-order valence-electron chi connectivity index (χ2n) is 3.63. The molecule has 2 aromatic rings. The van der Waals surface area contributed by atoms with Gasteiger partial charge in [-0.05, 0) is 35.9 Å². The smallest absolute Gasteiger partial charge is 0.291 e. The summed E-state index contributed by atoms with van der Waals surface area (Å²) in [6.07, 6.45) is 0. The van der Waals surface area contributed by atoms with Gasteiger partial charge in [0.15, 0.2) is 22.5 Å². The van der Waals surface area contributed by atoms with Gasteiger partial charge in [0.1, 0.15) is 0 Å². The molecule has 0 unspecified atom stereocenters. The summed E-state index contributed by atoms with van der Waals surface area (Å²) < 4.78 is 15.4. The van der Waals surface area contributed by atoms with Crippen molar-refractivity contribution in [1.29, 1.82) is 0 Å². The molecule has 92 valence electrons. The van der Waals surface area contributed by atoms with E-state index in [0.717, 1.165) is 0 Å². The number of hydrogen-bond acceptors (Lipinski definition) is 4. The number of rotatable bonds is 2. The summed E-state index contributed by atoms with van der Waals surface area (Å²) in [6, 6.07) is 8.15. The van der Waals surface area contributed by atoms with Gasteiger partial charge in [-0.15, -0.1) is 0 Å². The number of fused-ring (bicyclic) bond motifs is 1. The van der Waals surface area contributed by atoms with E-state index in [-0.39, 0.29) is 23.7 Å². The van der Waals surface area contributed by atoms with Gasteiger partial charge < -0.3 is 19.2 Å². The number of amides is 1. The molecule has 0 aliphatic carbocycles. The Morgan fingerprint density at radius 2 is 2.00 bits per heavy atom. The van der Waals surface area contributed by atoms with E-state index in [1.54, 1.807) is 18.2 Å². The predicted molar refractivity (Wildman–Crippen MR) is 64.2 cm³/mol. The SMILES string of the molecule is O=C(Nc1ccc2c(c1)OCO2)c1ccc(Cl)o1. The zero-order valence-electron chi connectivity index (χ0n) is 9.10. The summed E-state index contributed by atoms with van der Waals surface area (Å²) in [5.74, 6) is 1.04. The Balaban J connectivity index is 1.78. The van der Waals surface area contributed by atoms with Gasteiger partial charge in [0.25, 0.3) is 5.91 Å². The highest BCUT2D eigenvalue weighted by Crippen LogP contribution is 2.34. The van der Waals surface area contributed by atoms with Crippen molar-refractivity contribution in [2.45, 2.75) is 0 Å². The van der Waals surface area contributed by atoms with Crippen LogP contribution in [0.3, 0.4) is 0 Å². The van der Waals surface area contributed by atoms with Crippen LogP contribution < -0.4 is 14.8 Å². The van der Waals surface area contributed by atoms with Gasteiger partial charge in [-0.1, -0.05) is 0 Å². The number of ether oxygens (including phenoxy) is 2. The lowest BCUT2D eigenvalue weighted by Gasteiger charge is -2.04. The number of nitrogens with one attached hydrogen (secondary N) is 1. The lowest BCUT2D eigenvalue weighted by Crippen LogP contribution is -2.10. The number of anilines is 1. The molecule has 0 spiro atoms. The summed E-state index contributed by atoms with van der Waals surface area (Å²) in [7, 11) is 0. The van der Waals surface area contributed by atoms with Crippen LogP contribution in [0.5, 0.6) is 11.5 Å². The molecule has 0 bridgehead atoms. The van der Waals surface area contributed by atoms with Crippen molar-refractivity contribution < 1.29 is 18.7 Å². The fourth-order valence-corrected chi connectivity index (χ4v) is 1.75. The van der Waals surface area contributed by atoms with Crippen LogP contribution >= 0.6 is 11.6 Å². The lowest BCUT2D eigenvalue weighted by atomic mass is 10.2. The second kappa shape index (κ2) is 4.27. The van der Waals surface area contributed by atoms with Crippen molar-refractivity contribution in [2.24, 2.45) is 0 Å². The van der Waals surface area contributed by atoms with Gasteiger partial charge in [0.05, 0.1) is 0 Å². The van der Waals surface area contributed by atoms with Crippen molar-refractivity contribution >= 4 is 23.2 Å². The van der Waals surface area contributed by atoms with Crippen molar-refractivity contribution in [3.8, 4) is 11.5 Å². The summed E-state index contributed by atoms with van der Waals surface area (Å²) >= 11 is 5.60. The number of hydrogen-bond donors (Lipinski definition) is 1. The maximum absolute atomic E-state index is 11.8. The molecular weight excluding hydrogens is 258 g/mol. The zero-order chi connectivity index (χ0) is 12.5. The molecule has 0 fully saturated rings. The summed E-state index contributed by atoms with van der Waals surface area (Å²) in [6.45, 7) is 0.195. The minimum absolute atomic E-state index is 0.151. The molecule has 1 aliphatic rings. The number of furan rings is 1. The first kappa shape index (κ1) is 11.0. The van der Waals surface area contributed by atoms with Crippen LogP contribution in [0.15, 0.2) is 34.7 Å². The molecule has 6 heteroatoms. The van der Waals surface area contributed by atoms with Gasteiger partial charge in [0.2, 0.25) is 6.79 Å². The van der Waals surface area contributed by atoms with Crippen molar-refractivity contribution in [2.75, 3.05) is 12.1 Å². The molecule has 1 aromatic carbocycles. The minimum Gasteiger partial charge on any atom is -0.454 e. The molecule has 1 aromatic heterocycles. The van der Waals surface area contributed by atoms with Crippen LogP contribution in [0, 0.1) is 0 Å². The molecule has 0 radical (unpaired) electrons. The predicted octanol–water partition coefficient (Wildman–Crippen LogP) is 2.91. The van der Waals surface area contributed by atoms with E-state index in [0.29, 0.717) is 17.2 Å². The van der Waals surface area contributed by atoms with Gasteiger partial charge in [-0.2, -0.15) is 0 Å². The number of halogens is 1. The molecule has 1 N–H and O–H groups in total. The lowest BCUT2D eigenvalue weighted by molar-refractivity contribution is 0.0997. The first-order valence-corrected chi connectivity index (χ1v) is 5.56. The fourth-order valence-electron chi connectivity index (χ4n) is 1.60. The van der Waals surface area contributed by atoms with Crippen LogP contribution in [0.1, 0.15) is 10.6 Å². The molecule has 1 amide bonds. The molecule has 0 atom stereocenters. The normalized spacial score (nSPS) is 12.5. The highest BCUT2D eigenvalue weighted by Gasteiger charge is 2.15. The quantitative estimate of drug-likeness (QED) is 0.907. The van der Waals surface area contributed by atoms with Crippen LogP contribution in [0.25, 0.3) is 0 Å². The Morgan fingerprint density at radius 1 is 1.17 bits per heavy atom. The van der Waals surface area contributed by atoms with Gasteiger partial charge in [-0.3, -0.25) is 4.79 Å². The molecule has 3 rings (SSSR count). The van der Waals surface area contributed by atoms with Gasteiger partial charge in [-0.25, -0.2) is 0 Å². The number of carbonyl (C=O) groups excluding carboxylic acids is 1. The Bertz CT molecular complexity index is 608. The first-order chi connectivity index (χ1) is 8.72. The van der Waals surface area contributed by atoms with E-state index in [4.69, 9.17) is 25.5 Å². The Hall–Kier alpha value is -2.14. The van der Waals surface area contributed by atoms with E-state index in [9.17, 15) is 4.79 Å². The molecule has 18 heavy (non-hydrogen) atoms. The van der Waals surface area contributed by atoms with E-state index in [1.807, 2.05) is 0 Å². The Labute approximate surface area is 107 Å². The zero-order valence-corrected chi connectivity index (χ0v) is 9.86. The average molecular weight is 266 g/mol. The van der Waals surface area contributed by atoms with Crippen molar-refractivity contribution in [3.05, 3.63) is 41.3 Å². The standard InChI is InChI=1S/C12H8ClNO4/c13-11-4-3-9(18-11)12(15)14-7-1-2-8-10(5-7)17-6-16-8/h1-5H,6H2,(H,14,15). The van der Waals surface area contributed by atoms with Crippen LogP contribution in [-0.4, -0.2) is 12.7 Å². The third-order valence-electron chi connectivity index (χ3n) is 2.43. The third kappa shape index (κ3) is 2.00. The van der Waals surface area contributed by atoms with Crippen molar-refractivity contribution in [3.63, 3.8) is 0 Å². The Kier molecular flexibility index (Phi) is 2.60. The monoisotopic (exact) mass is 265 g/mol. The number of carbonyl (C=O) groups is 1. The summed E-state index contributed by atoms with van der Waals surface area (Å²) in [5, 5.41) is 2.85. The summed E-state index contributed by atoms with van der Waals surface area (Å²) in [4.78, 5) is 11.8. The number of benzene rings is 1. The van der Waals surface area contributed by atoms with E-state index in [2.05, 4.69) is 5.32 Å². The van der Waals surface area contributed by atoms with E-state index >= 15 is 0 Å². The average Bonchev–Trinajstić information content (AvgIpc) is 2.96. The topological polar surface area (TPSA) is 60.7 Å². The first-order valence-electron chi connectivity index (χ1n) is 5.19. The van der Waals surface area contributed by atoms with Gasteiger partial charge >= 0.3 is 0 Å². The molecule has 2 heterocycles. The second-order valence-corrected chi connectivity index (χ2v) is 4.00. The minimum atomic E-state index is -0.374. The molecule has 5 nitrogen and oxygen atoms in total. The maximum atomic E-state index is 11.8. The van der Waals surface area contributed by atoms with Crippen molar-refractivity contribution in [1.82, 2.24) is 0 Å². The van der Waals surface area contributed by atoms with Gasteiger partial charge in [0, 0.05) is 11.8 Å². The highest BCUT2D eigenvalue weighted by molar-refractivity contribution is 6.29. The molecule has 1 aliphatic heterocycles. The third-order valence-corrected chi connectivity index (χ3v) is 2.63. The fraction of sp³-hybridized carbons (Fsp3) is 0.0833. The van der Waals surface area contributed by atoms with E-state index < -0.39 is 0 Å².